The van der Waals surface area contributed by atoms with Crippen molar-refractivity contribution in [1.82, 2.24) is 14.5 Å². The zero-order valence-corrected chi connectivity index (χ0v) is 12.9. The molecule has 0 amide bonds. The van der Waals surface area contributed by atoms with Gasteiger partial charge in [-0.25, -0.2) is 4.98 Å². The van der Waals surface area contributed by atoms with Crippen LogP contribution in [-0.4, -0.2) is 14.5 Å². The van der Waals surface area contributed by atoms with Crippen LogP contribution in [0.1, 0.15) is 11.1 Å². The number of aromatic amines is 1. The molecule has 3 aromatic rings. The van der Waals surface area contributed by atoms with Crippen LogP contribution in [0.15, 0.2) is 34.9 Å². The molecular formula is C14H9BrN4S. The van der Waals surface area contributed by atoms with Crippen LogP contribution >= 0.6 is 28.1 Å². The second kappa shape index (κ2) is 4.85. The Hall–Kier alpha value is -1.97. The van der Waals surface area contributed by atoms with Crippen LogP contribution in [0.5, 0.6) is 0 Å². The van der Waals surface area contributed by atoms with Crippen molar-refractivity contribution in [2.24, 2.45) is 0 Å². The topological polar surface area (TPSA) is 57.4 Å². The molecule has 1 aromatic carbocycles. The highest BCUT2D eigenvalue weighted by molar-refractivity contribution is 9.10. The first kappa shape index (κ1) is 13.0. The zero-order valence-electron chi connectivity index (χ0n) is 10.5. The van der Waals surface area contributed by atoms with Crippen molar-refractivity contribution in [3.8, 4) is 11.8 Å². The van der Waals surface area contributed by atoms with E-state index in [1.165, 1.54) is 0 Å². The number of halogens is 1. The number of nitrogens with one attached hydrogen (secondary N) is 1. The van der Waals surface area contributed by atoms with Gasteiger partial charge in [-0.1, -0.05) is 15.9 Å². The van der Waals surface area contributed by atoms with Gasteiger partial charge in [0.2, 0.25) is 0 Å². The minimum absolute atomic E-state index is 0.524. The van der Waals surface area contributed by atoms with Crippen LogP contribution in [0.2, 0.25) is 0 Å². The molecule has 6 heteroatoms. The van der Waals surface area contributed by atoms with E-state index < -0.39 is 0 Å². The van der Waals surface area contributed by atoms with Crippen molar-refractivity contribution in [2.45, 2.75) is 6.92 Å². The van der Waals surface area contributed by atoms with Crippen molar-refractivity contribution in [3.05, 3.63) is 50.8 Å². The fraction of sp³-hybridized carbons (Fsp3) is 0.0714. The monoisotopic (exact) mass is 344 g/mol. The highest BCUT2D eigenvalue weighted by atomic mass is 79.9. The lowest BCUT2D eigenvalue weighted by Gasteiger charge is -2.07. The summed E-state index contributed by atoms with van der Waals surface area (Å²) >= 11 is 8.81. The normalized spacial score (nSPS) is 10.7. The van der Waals surface area contributed by atoms with Gasteiger partial charge in [0.05, 0.1) is 16.8 Å². The summed E-state index contributed by atoms with van der Waals surface area (Å²) in [5.74, 6) is 0. The molecule has 0 aliphatic heterocycles. The fourth-order valence-electron chi connectivity index (χ4n) is 2.13. The molecule has 3 rings (SSSR count). The molecule has 2 aromatic heterocycles. The maximum absolute atomic E-state index is 9.28. The molecule has 0 aliphatic carbocycles. The van der Waals surface area contributed by atoms with Crippen molar-refractivity contribution in [2.75, 3.05) is 0 Å². The molecule has 0 unspecified atom stereocenters. The minimum Gasteiger partial charge on any atom is -0.329 e. The van der Waals surface area contributed by atoms with E-state index >= 15 is 0 Å². The van der Waals surface area contributed by atoms with Gasteiger partial charge in [-0.05, 0) is 49.0 Å². The number of benzene rings is 1. The Kier molecular flexibility index (Phi) is 3.16. The maximum atomic E-state index is 9.28. The number of pyridine rings is 1. The lowest BCUT2D eigenvalue weighted by molar-refractivity contribution is 1.04. The van der Waals surface area contributed by atoms with E-state index in [9.17, 15) is 5.26 Å². The number of fused-ring (bicyclic) bond motifs is 1. The number of hydrogen-bond acceptors (Lipinski definition) is 3. The van der Waals surface area contributed by atoms with Gasteiger partial charge in [0.15, 0.2) is 10.4 Å². The average molecular weight is 345 g/mol. The molecule has 0 bridgehead atoms. The van der Waals surface area contributed by atoms with Crippen LogP contribution in [0.25, 0.3) is 16.9 Å². The summed E-state index contributed by atoms with van der Waals surface area (Å²) in [6.45, 7) is 1.99. The standard InChI is InChI=1S/C14H9BrN4S/c1-8-4-5-17-13-12(8)18-14(20)19(13)11-6-10(15)3-2-9(11)7-16/h2-6H,1H3,(H,18,20). The molecule has 0 fully saturated rings. The van der Waals surface area contributed by atoms with E-state index in [0.717, 1.165) is 26.9 Å². The Morgan fingerprint density at radius 1 is 1.40 bits per heavy atom. The van der Waals surface area contributed by atoms with Crippen molar-refractivity contribution in [3.63, 3.8) is 0 Å². The number of hydrogen-bond donors (Lipinski definition) is 1. The van der Waals surface area contributed by atoms with E-state index in [-0.39, 0.29) is 0 Å². The highest BCUT2D eigenvalue weighted by Crippen LogP contribution is 2.25. The van der Waals surface area contributed by atoms with Gasteiger partial charge in [-0.15, -0.1) is 0 Å². The second-order valence-electron chi connectivity index (χ2n) is 4.37. The summed E-state index contributed by atoms with van der Waals surface area (Å²) in [5, 5.41) is 9.28. The number of aryl methyl sites for hydroxylation is 1. The van der Waals surface area contributed by atoms with Gasteiger partial charge >= 0.3 is 0 Å². The SMILES string of the molecule is Cc1ccnc2c1[nH]c(=S)n2-c1cc(Br)ccc1C#N. The molecule has 0 saturated carbocycles. The molecule has 4 nitrogen and oxygen atoms in total. The van der Waals surface area contributed by atoms with Gasteiger partial charge in [0, 0.05) is 10.7 Å². The van der Waals surface area contributed by atoms with E-state index in [1.54, 1.807) is 16.8 Å². The van der Waals surface area contributed by atoms with E-state index in [4.69, 9.17) is 12.2 Å². The molecule has 0 atom stereocenters. The van der Waals surface area contributed by atoms with Crippen LogP contribution in [-0.2, 0) is 0 Å². The number of nitriles is 1. The average Bonchev–Trinajstić information content (AvgIpc) is 2.76. The number of rotatable bonds is 1. The van der Waals surface area contributed by atoms with Gasteiger partial charge in [0.25, 0.3) is 0 Å². The number of imidazole rings is 1. The fourth-order valence-corrected chi connectivity index (χ4v) is 2.77. The first-order valence-electron chi connectivity index (χ1n) is 5.88. The first-order chi connectivity index (χ1) is 9.61. The highest BCUT2D eigenvalue weighted by Gasteiger charge is 2.13. The summed E-state index contributed by atoms with van der Waals surface area (Å²) in [5.41, 5.74) is 3.95. The van der Waals surface area contributed by atoms with E-state index in [0.29, 0.717) is 10.3 Å². The molecule has 1 N–H and O–H groups in total. The molecule has 20 heavy (non-hydrogen) atoms. The third kappa shape index (κ3) is 1.96. The predicted molar refractivity (Wildman–Crippen MR) is 83.4 cm³/mol. The zero-order chi connectivity index (χ0) is 14.3. The first-order valence-corrected chi connectivity index (χ1v) is 7.08. The van der Waals surface area contributed by atoms with Crippen molar-refractivity contribution < 1.29 is 0 Å². The Bertz CT molecular complexity index is 917. The van der Waals surface area contributed by atoms with Crippen LogP contribution in [0.4, 0.5) is 0 Å². The minimum atomic E-state index is 0.524. The Morgan fingerprint density at radius 3 is 2.95 bits per heavy atom. The van der Waals surface area contributed by atoms with Gasteiger partial charge in [0.1, 0.15) is 6.07 Å². The van der Waals surface area contributed by atoms with Gasteiger partial charge < -0.3 is 4.98 Å². The van der Waals surface area contributed by atoms with Crippen LogP contribution < -0.4 is 0 Å². The molecule has 98 valence electrons. The number of aromatic nitrogens is 3. The molecule has 0 radical (unpaired) electrons. The third-order valence-electron chi connectivity index (χ3n) is 3.11. The van der Waals surface area contributed by atoms with Gasteiger partial charge in [-0.3, -0.25) is 4.57 Å². The summed E-state index contributed by atoms with van der Waals surface area (Å²) in [4.78, 5) is 7.54. The molecule has 0 aliphatic rings. The maximum Gasteiger partial charge on any atom is 0.184 e. The van der Waals surface area contributed by atoms with E-state index in [1.807, 2.05) is 25.1 Å². The largest absolute Gasteiger partial charge is 0.329 e. The lowest BCUT2D eigenvalue weighted by atomic mass is 10.2. The summed E-state index contributed by atoms with van der Waals surface area (Å²) in [7, 11) is 0. The van der Waals surface area contributed by atoms with Crippen molar-refractivity contribution >= 4 is 39.3 Å². The van der Waals surface area contributed by atoms with Crippen molar-refractivity contribution in [1.29, 1.82) is 5.26 Å². The Balaban J connectivity index is 2.45. The predicted octanol–water partition coefficient (Wildman–Crippen LogP) is 4.03. The van der Waals surface area contributed by atoms with Crippen LogP contribution in [0.3, 0.4) is 0 Å². The smallest absolute Gasteiger partial charge is 0.184 e. The molecular weight excluding hydrogens is 336 g/mol. The summed E-state index contributed by atoms with van der Waals surface area (Å²) in [6.07, 6.45) is 1.74. The third-order valence-corrected chi connectivity index (χ3v) is 3.89. The van der Waals surface area contributed by atoms with Crippen LogP contribution in [0, 0.1) is 23.0 Å². The Morgan fingerprint density at radius 2 is 2.20 bits per heavy atom. The Labute approximate surface area is 128 Å². The summed E-state index contributed by atoms with van der Waals surface area (Å²) < 4.78 is 3.20. The van der Waals surface area contributed by atoms with E-state index in [2.05, 4.69) is 32.0 Å². The number of H-pyrrole nitrogens is 1. The molecule has 0 spiro atoms. The molecule has 2 heterocycles. The quantitative estimate of drug-likeness (QED) is 0.678. The lowest BCUT2D eigenvalue weighted by Crippen LogP contribution is -1.99. The summed E-state index contributed by atoms with van der Waals surface area (Å²) in [6, 6.07) is 9.57. The van der Waals surface area contributed by atoms with Gasteiger partial charge in [-0.2, -0.15) is 5.26 Å². The number of nitrogens with zero attached hydrogens (tertiary/aromatic N) is 3. The molecule has 0 saturated heterocycles. The second-order valence-corrected chi connectivity index (χ2v) is 5.67.